The number of esters is 3. The smallest absolute Gasteiger partial charge is 0.303 e. The zero-order valence-electron chi connectivity index (χ0n) is 16.9. The van der Waals surface area contributed by atoms with Gasteiger partial charge in [-0.05, 0) is 6.42 Å². The van der Waals surface area contributed by atoms with E-state index in [4.69, 9.17) is 23.7 Å². The van der Waals surface area contributed by atoms with Crippen molar-refractivity contribution in [2.45, 2.75) is 78.1 Å². The molecule has 1 aliphatic rings. The number of unbranched alkanes of at least 4 members (excludes halogenated alkanes) is 1. The maximum atomic E-state index is 11.7. The minimum absolute atomic E-state index is 0.245. The van der Waals surface area contributed by atoms with Crippen LogP contribution in [-0.4, -0.2) is 67.7 Å². The molecule has 0 spiro atoms. The monoisotopic (exact) mass is 403 g/mol. The summed E-state index contributed by atoms with van der Waals surface area (Å²) in [5.41, 5.74) is 0. The average Bonchev–Trinajstić information content (AvgIpc) is 2.57. The standard InChI is InChI=1S/C18H29NO9/c1-6-7-8-24-18-15(19-10(2)20)17(27-13(5)23)16(26-12(4)22)14(28-18)9-25-11(3)21/h14-18H,6-9H2,1-5H3,(H,19,20)/t14-,15+,16+,17+,18-/m1/s1. The number of carbonyl (C=O) groups is 4. The quantitative estimate of drug-likeness (QED) is 0.332. The molecular formula is C18H29NO9. The second-order valence-electron chi connectivity index (χ2n) is 6.44. The summed E-state index contributed by atoms with van der Waals surface area (Å²) < 4.78 is 27.2. The van der Waals surface area contributed by atoms with Crippen LogP contribution in [0, 0.1) is 0 Å². The van der Waals surface area contributed by atoms with E-state index in [2.05, 4.69) is 5.32 Å². The lowest BCUT2D eigenvalue weighted by atomic mass is 9.96. The second kappa shape index (κ2) is 11.6. The molecule has 1 amide bonds. The molecule has 1 aliphatic heterocycles. The first-order valence-electron chi connectivity index (χ1n) is 9.17. The third kappa shape index (κ3) is 7.81. The molecule has 0 saturated carbocycles. The Morgan fingerprint density at radius 2 is 1.54 bits per heavy atom. The van der Waals surface area contributed by atoms with Crippen molar-refractivity contribution in [1.29, 1.82) is 0 Å². The number of ether oxygens (including phenoxy) is 5. The molecule has 0 aromatic rings. The summed E-state index contributed by atoms with van der Waals surface area (Å²) in [6, 6.07) is -0.920. The molecule has 5 atom stereocenters. The number of amides is 1. The van der Waals surface area contributed by atoms with Crippen LogP contribution in [-0.2, 0) is 42.9 Å². The van der Waals surface area contributed by atoms with E-state index < -0.39 is 54.5 Å². The highest BCUT2D eigenvalue weighted by Gasteiger charge is 2.51. The van der Waals surface area contributed by atoms with Crippen LogP contribution in [0.4, 0.5) is 0 Å². The van der Waals surface area contributed by atoms with Crippen molar-refractivity contribution in [3.8, 4) is 0 Å². The Kier molecular flexibility index (Phi) is 9.88. The summed E-state index contributed by atoms with van der Waals surface area (Å²) >= 11 is 0. The molecule has 1 heterocycles. The third-order valence-electron chi connectivity index (χ3n) is 3.85. The maximum Gasteiger partial charge on any atom is 0.303 e. The lowest BCUT2D eigenvalue weighted by Gasteiger charge is -2.44. The van der Waals surface area contributed by atoms with Gasteiger partial charge in [-0.2, -0.15) is 0 Å². The lowest BCUT2D eigenvalue weighted by molar-refractivity contribution is -0.277. The van der Waals surface area contributed by atoms with E-state index in [1.165, 1.54) is 27.7 Å². The Hall–Kier alpha value is -2.20. The van der Waals surface area contributed by atoms with Crippen LogP contribution in [0.25, 0.3) is 0 Å². The first-order valence-corrected chi connectivity index (χ1v) is 9.17. The number of nitrogens with one attached hydrogen (secondary N) is 1. The normalized spacial score (nSPS) is 26.8. The van der Waals surface area contributed by atoms with Crippen LogP contribution in [0.15, 0.2) is 0 Å². The SMILES string of the molecule is CCCCO[C@@H]1O[C@H](COC(C)=O)[C@H](OC(C)=O)[C@@H](OC(C)=O)[C@@H]1NC(C)=O. The molecule has 28 heavy (non-hydrogen) atoms. The van der Waals surface area contributed by atoms with Crippen LogP contribution in [0.2, 0.25) is 0 Å². The maximum absolute atomic E-state index is 11.7. The highest BCUT2D eigenvalue weighted by Crippen LogP contribution is 2.28. The summed E-state index contributed by atoms with van der Waals surface area (Å²) in [6.45, 7) is 6.97. The molecule has 0 bridgehead atoms. The molecular weight excluding hydrogens is 374 g/mol. The van der Waals surface area contributed by atoms with Gasteiger partial charge in [0.15, 0.2) is 18.5 Å². The summed E-state index contributed by atoms with van der Waals surface area (Å²) in [5.74, 6) is -2.25. The van der Waals surface area contributed by atoms with E-state index in [1.54, 1.807) is 0 Å². The number of carbonyl (C=O) groups excluding carboxylic acids is 4. The molecule has 160 valence electrons. The molecule has 1 N–H and O–H groups in total. The van der Waals surface area contributed by atoms with Gasteiger partial charge in [0.05, 0.1) is 0 Å². The van der Waals surface area contributed by atoms with Crippen LogP contribution in [0.5, 0.6) is 0 Å². The summed E-state index contributed by atoms with van der Waals surface area (Å²) in [6.07, 6.45) is -2.53. The molecule has 1 fully saturated rings. The average molecular weight is 403 g/mol. The predicted octanol–water partition coefficient (Wildman–Crippen LogP) is 0.459. The van der Waals surface area contributed by atoms with Gasteiger partial charge in [-0.1, -0.05) is 13.3 Å². The van der Waals surface area contributed by atoms with Gasteiger partial charge in [0, 0.05) is 34.3 Å². The fourth-order valence-corrected chi connectivity index (χ4v) is 2.78. The van der Waals surface area contributed by atoms with Gasteiger partial charge in [-0.15, -0.1) is 0 Å². The minimum atomic E-state index is -1.11. The largest absolute Gasteiger partial charge is 0.463 e. The van der Waals surface area contributed by atoms with E-state index in [1.807, 2.05) is 6.92 Å². The van der Waals surface area contributed by atoms with E-state index in [9.17, 15) is 19.2 Å². The van der Waals surface area contributed by atoms with Gasteiger partial charge >= 0.3 is 17.9 Å². The first kappa shape index (κ1) is 23.8. The van der Waals surface area contributed by atoms with Crippen molar-refractivity contribution >= 4 is 23.8 Å². The number of hydrogen-bond acceptors (Lipinski definition) is 9. The Morgan fingerprint density at radius 3 is 2.04 bits per heavy atom. The summed E-state index contributed by atoms with van der Waals surface area (Å²) in [4.78, 5) is 46.2. The fourth-order valence-electron chi connectivity index (χ4n) is 2.78. The van der Waals surface area contributed by atoms with Crippen LogP contribution >= 0.6 is 0 Å². The summed E-state index contributed by atoms with van der Waals surface area (Å²) in [7, 11) is 0. The molecule has 10 heteroatoms. The third-order valence-corrected chi connectivity index (χ3v) is 3.85. The molecule has 10 nitrogen and oxygen atoms in total. The van der Waals surface area contributed by atoms with Crippen molar-refractivity contribution in [2.24, 2.45) is 0 Å². The van der Waals surface area contributed by atoms with Crippen LogP contribution in [0.3, 0.4) is 0 Å². The molecule has 0 aliphatic carbocycles. The highest BCUT2D eigenvalue weighted by atomic mass is 16.7. The Bertz CT molecular complexity index is 565. The van der Waals surface area contributed by atoms with Gasteiger partial charge in [-0.25, -0.2) is 0 Å². The van der Waals surface area contributed by atoms with Gasteiger partial charge in [0.2, 0.25) is 5.91 Å². The van der Waals surface area contributed by atoms with Crippen molar-refractivity contribution < 1.29 is 42.9 Å². The van der Waals surface area contributed by atoms with E-state index >= 15 is 0 Å². The first-order chi connectivity index (χ1) is 13.1. The van der Waals surface area contributed by atoms with Crippen molar-refractivity contribution in [3.63, 3.8) is 0 Å². The van der Waals surface area contributed by atoms with Crippen LogP contribution in [0.1, 0.15) is 47.5 Å². The fraction of sp³-hybridized carbons (Fsp3) is 0.778. The van der Waals surface area contributed by atoms with Crippen molar-refractivity contribution in [2.75, 3.05) is 13.2 Å². The molecule has 0 aromatic heterocycles. The van der Waals surface area contributed by atoms with Gasteiger partial charge in [0.25, 0.3) is 0 Å². The van der Waals surface area contributed by atoms with Crippen molar-refractivity contribution in [1.82, 2.24) is 5.32 Å². The lowest BCUT2D eigenvalue weighted by Crippen LogP contribution is -2.66. The molecule has 1 rings (SSSR count). The van der Waals surface area contributed by atoms with Crippen LogP contribution < -0.4 is 5.32 Å². The number of rotatable bonds is 9. The molecule has 1 saturated heterocycles. The minimum Gasteiger partial charge on any atom is -0.463 e. The molecule has 0 unspecified atom stereocenters. The molecule has 0 aromatic carbocycles. The topological polar surface area (TPSA) is 126 Å². The Labute approximate surface area is 164 Å². The van der Waals surface area contributed by atoms with Gasteiger partial charge in [-0.3, -0.25) is 19.2 Å². The zero-order chi connectivity index (χ0) is 21.3. The second-order valence-corrected chi connectivity index (χ2v) is 6.44. The summed E-state index contributed by atoms with van der Waals surface area (Å²) in [5, 5.41) is 2.64. The molecule has 0 radical (unpaired) electrons. The Morgan fingerprint density at radius 1 is 0.929 bits per heavy atom. The van der Waals surface area contributed by atoms with E-state index in [0.29, 0.717) is 6.61 Å². The zero-order valence-corrected chi connectivity index (χ0v) is 16.9. The van der Waals surface area contributed by atoms with Gasteiger partial charge in [0.1, 0.15) is 18.8 Å². The Balaban J connectivity index is 3.21. The van der Waals surface area contributed by atoms with E-state index in [-0.39, 0.29) is 6.61 Å². The van der Waals surface area contributed by atoms with Gasteiger partial charge < -0.3 is 29.0 Å². The highest BCUT2D eigenvalue weighted by molar-refractivity contribution is 5.73. The predicted molar refractivity (Wildman–Crippen MR) is 94.9 cm³/mol. The number of hydrogen-bond donors (Lipinski definition) is 1. The van der Waals surface area contributed by atoms with E-state index in [0.717, 1.165) is 12.8 Å². The van der Waals surface area contributed by atoms with Crippen molar-refractivity contribution in [3.05, 3.63) is 0 Å².